The van der Waals surface area contributed by atoms with Gasteiger partial charge in [-0.2, -0.15) is 5.10 Å². The molecular formula is C23H29N5O. The van der Waals surface area contributed by atoms with Crippen molar-refractivity contribution >= 4 is 5.96 Å². The lowest BCUT2D eigenvalue weighted by Crippen LogP contribution is -2.38. The quantitative estimate of drug-likeness (QED) is 0.315. The summed E-state index contributed by atoms with van der Waals surface area (Å²) in [5, 5.41) is 10.9. The van der Waals surface area contributed by atoms with Crippen LogP contribution in [0.25, 0.3) is 0 Å². The molecule has 0 aliphatic carbocycles. The third kappa shape index (κ3) is 7.33. The van der Waals surface area contributed by atoms with Crippen LogP contribution in [0.5, 0.6) is 5.75 Å². The first kappa shape index (κ1) is 20.5. The van der Waals surface area contributed by atoms with Crippen molar-refractivity contribution in [3.05, 3.63) is 84.2 Å². The summed E-state index contributed by atoms with van der Waals surface area (Å²) in [7, 11) is 0. The molecule has 3 aromatic rings. The molecule has 0 amide bonds. The Hall–Kier alpha value is -3.28. The normalized spacial score (nSPS) is 11.3. The van der Waals surface area contributed by atoms with Gasteiger partial charge in [-0.25, -0.2) is 4.99 Å². The minimum atomic E-state index is 0.575. The highest BCUT2D eigenvalue weighted by Gasteiger charge is 2.00. The van der Waals surface area contributed by atoms with Crippen LogP contribution in [-0.4, -0.2) is 28.8 Å². The van der Waals surface area contributed by atoms with Crippen LogP contribution in [0.2, 0.25) is 0 Å². The standard InChI is InChI=1S/C23H29N5O/c1-2-24-23(25-14-6-16-28-17-7-15-27-28)26-18-20-10-12-22(13-11-20)29-19-21-8-4-3-5-9-21/h3-5,7-13,15,17H,2,6,14,16,18-19H2,1H3,(H2,24,25,26). The van der Waals surface area contributed by atoms with E-state index in [1.807, 2.05) is 47.3 Å². The van der Waals surface area contributed by atoms with Crippen molar-refractivity contribution in [3.8, 4) is 5.75 Å². The van der Waals surface area contributed by atoms with Gasteiger partial charge in [-0.05, 0) is 42.7 Å². The number of rotatable bonds is 10. The van der Waals surface area contributed by atoms with Gasteiger partial charge in [0.15, 0.2) is 5.96 Å². The minimum absolute atomic E-state index is 0.575. The van der Waals surface area contributed by atoms with Gasteiger partial charge in [0.25, 0.3) is 0 Å². The number of aryl methyl sites for hydroxylation is 1. The predicted octanol–water partition coefficient (Wildman–Crippen LogP) is 3.61. The van der Waals surface area contributed by atoms with Gasteiger partial charge in [0.1, 0.15) is 12.4 Å². The van der Waals surface area contributed by atoms with E-state index in [1.54, 1.807) is 6.20 Å². The molecule has 0 aliphatic rings. The molecule has 1 heterocycles. The average Bonchev–Trinajstić information content (AvgIpc) is 3.28. The summed E-state index contributed by atoms with van der Waals surface area (Å²) in [6.45, 7) is 5.83. The first-order valence-electron chi connectivity index (χ1n) is 10.1. The van der Waals surface area contributed by atoms with Gasteiger partial charge in [0.05, 0.1) is 6.54 Å². The first-order valence-corrected chi connectivity index (χ1v) is 10.1. The maximum atomic E-state index is 5.84. The fourth-order valence-electron chi connectivity index (χ4n) is 2.82. The molecule has 0 saturated carbocycles. The third-order valence-corrected chi connectivity index (χ3v) is 4.35. The van der Waals surface area contributed by atoms with Crippen molar-refractivity contribution < 1.29 is 4.74 Å². The number of benzene rings is 2. The topological polar surface area (TPSA) is 63.5 Å². The predicted molar refractivity (Wildman–Crippen MR) is 117 cm³/mol. The van der Waals surface area contributed by atoms with Crippen molar-refractivity contribution in [1.82, 2.24) is 20.4 Å². The van der Waals surface area contributed by atoms with Gasteiger partial charge in [-0.3, -0.25) is 4.68 Å². The number of aliphatic imine (C=N–C) groups is 1. The highest BCUT2D eigenvalue weighted by atomic mass is 16.5. The Morgan fingerprint density at radius 2 is 1.83 bits per heavy atom. The maximum absolute atomic E-state index is 5.84. The molecule has 0 radical (unpaired) electrons. The summed E-state index contributed by atoms with van der Waals surface area (Å²) >= 11 is 0. The third-order valence-electron chi connectivity index (χ3n) is 4.35. The number of hydrogen-bond acceptors (Lipinski definition) is 3. The Bertz CT molecular complexity index is 845. The van der Waals surface area contributed by atoms with Crippen molar-refractivity contribution in [2.24, 2.45) is 4.99 Å². The highest BCUT2D eigenvalue weighted by molar-refractivity contribution is 5.79. The first-order chi connectivity index (χ1) is 14.3. The molecule has 0 bridgehead atoms. The molecule has 152 valence electrons. The molecule has 6 heteroatoms. The molecule has 6 nitrogen and oxygen atoms in total. The van der Waals surface area contributed by atoms with E-state index in [-0.39, 0.29) is 0 Å². The SMILES string of the molecule is CCNC(=NCc1ccc(OCc2ccccc2)cc1)NCCCn1cccn1. The number of ether oxygens (including phenoxy) is 1. The molecule has 0 atom stereocenters. The van der Waals surface area contributed by atoms with E-state index in [0.29, 0.717) is 13.2 Å². The molecule has 0 unspecified atom stereocenters. The fourth-order valence-corrected chi connectivity index (χ4v) is 2.82. The zero-order valence-corrected chi connectivity index (χ0v) is 16.9. The molecule has 0 aliphatic heterocycles. The van der Waals surface area contributed by atoms with Gasteiger partial charge in [-0.15, -0.1) is 0 Å². The number of guanidine groups is 1. The molecular weight excluding hydrogens is 362 g/mol. The Labute approximate surface area is 172 Å². The van der Waals surface area contributed by atoms with E-state index in [4.69, 9.17) is 4.74 Å². The summed E-state index contributed by atoms with van der Waals surface area (Å²) in [6.07, 6.45) is 4.77. The Kier molecular flexibility index (Phi) is 8.14. The van der Waals surface area contributed by atoms with Crippen molar-refractivity contribution in [2.45, 2.75) is 33.0 Å². The number of nitrogens with zero attached hydrogens (tertiary/aromatic N) is 3. The average molecular weight is 392 g/mol. The van der Waals surface area contributed by atoms with E-state index in [0.717, 1.165) is 48.9 Å². The van der Waals surface area contributed by atoms with Crippen molar-refractivity contribution in [2.75, 3.05) is 13.1 Å². The van der Waals surface area contributed by atoms with Crippen LogP contribution in [0.3, 0.4) is 0 Å². The van der Waals surface area contributed by atoms with Crippen LogP contribution >= 0.6 is 0 Å². The molecule has 1 aromatic heterocycles. The summed E-state index contributed by atoms with van der Waals surface area (Å²) < 4.78 is 7.78. The number of aromatic nitrogens is 2. The number of nitrogens with one attached hydrogen (secondary N) is 2. The number of hydrogen-bond donors (Lipinski definition) is 2. The van der Waals surface area contributed by atoms with Gasteiger partial charge < -0.3 is 15.4 Å². The minimum Gasteiger partial charge on any atom is -0.489 e. The van der Waals surface area contributed by atoms with Crippen LogP contribution in [0.1, 0.15) is 24.5 Å². The van der Waals surface area contributed by atoms with Crippen molar-refractivity contribution in [1.29, 1.82) is 0 Å². The lowest BCUT2D eigenvalue weighted by molar-refractivity contribution is 0.306. The second-order valence-corrected chi connectivity index (χ2v) is 6.66. The van der Waals surface area contributed by atoms with Gasteiger partial charge >= 0.3 is 0 Å². The summed E-state index contributed by atoms with van der Waals surface area (Å²) in [4.78, 5) is 4.67. The molecule has 0 fully saturated rings. The van der Waals surface area contributed by atoms with E-state index in [2.05, 4.69) is 51.9 Å². The van der Waals surface area contributed by atoms with Crippen LogP contribution in [-0.2, 0) is 19.7 Å². The van der Waals surface area contributed by atoms with Crippen LogP contribution in [0.4, 0.5) is 0 Å². The summed E-state index contributed by atoms with van der Waals surface area (Å²) in [6, 6.07) is 20.2. The molecule has 3 rings (SSSR count). The van der Waals surface area contributed by atoms with Gasteiger partial charge in [0, 0.05) is 32.0 Å². The van der Waals surface area contributed by atoms with Gasteiger partial charge in [-0.1, -0.05) is 42.5 Å². The Balaban J connectivity index is 1.44. The van der Waals surface area contributed by atoms with E-state index < -0.39 is 0 Å². The van der Waals surface area contributed by atoms with Gasteiger partial charge in [0.2, 0.25) is 0 Å². The smallest absolute Gasteiger partial charge is 0.191 e. The summed E-state index contributed by atoms with van der Waals surface area (Å²) in [5.74, 6) is 1.70. The molecule has 2 aromatic carbocycles. The van der Waals surface area contributed by atoms with Crippen LogP contribution < -0.4 is 15.4 Å². The summed E-state index contributed by atoms with van der Waals surface area (Å²) in [5.41, 5.74) is 2.31. The molecule has 2 N–H and O–H groups in total. The lowest BCUT2D eigenvalue weighted by Gasteiger charge is -2.11. The van der Waals surface area contributed by atoms with Crippen molar-refractivity contribution in [3.63, 3.8) is 0 Å². The Morgan fingerprint density at radius 1 is 1.00 bits per heavy atom. The molecule has 29 heavy (non-hydrogen) atoms. The lowest BCUT2D eigenvalue weighted by atomic mass is 10.2. The van der Waals surface area contributed by atoms with E-state index >= 15 is 0 Å². The Morgan fingerprint density at radius 3 is 2.55 bits per heavy atom. The molecule has 0 saturated heterocycles. The van der Waals surface area contributed by atoms with E-state index in [9.17, 15) is 0 Å². The molecule has 0 spiro atoms. The second-order valence-electron chi connectivity index (χ2n) is 6.66. The zero-order valence-electron chi connectivity index (χ0n) is 16.9. The monoisotopic (exact) mass is 391 g/mol. The fraction of sp³-hybridized carbons (Fsp3) is 0.304. The largest absolute Gasteiger partial charge is 0.489 e. The van der Waals surface area contributed by atoms with Crippen LogP contribution in [0.15, 0.2) is 78.0 Å². The van der Waals surface area contributed by atoms with Crippen LogP contribution in [0, 0.1) is 0 Å². The highest BCUT2D eigenvalue weighted by Crippen LogP contribution is 2.14. The zero-order chi connectivity index (χ0) is 20.2. The maximum Gasteiger partial charge on any atom is 0.191 e. The van der Waals surface area contributed by atoms with E-state index in [1.165, 1.54) is 0 Å². The second kappa shape index (κ2) is 11.5.